The zero-order chi connectivity index (χ0) is 18.7. The summed E-state index contributed by atoms with van der Waals surface area (Å²) in [6.07, 6.45) is 1.33. The molecule has 0 atom stereocenters. The molecule has 3 aromatic rings. The van der Waals surface area contributed by atoms with Gasteiger partial charge in [0, 0.05) is 19.2 Å². The number of halogens is 3. The number of anilines is 1. The number of nitrogens with zero attached hydrogens (tertiary/aromatic N) is 3. The monoisotopic (exact) mass is 397 g/mol. The van der Waals surface area contributed by atoms with Crippen LogP contribution < -0.4 is 10.5 Å². The van der Waals surface area contributed by atoms with Crippen molar-refractivity contribution in [3.8, 4) is 5.69 Å². The molecule has 136 valence electrons. The average molecular weight is 398 g/mol. The van der Waals surface area contributed by atoms with Gasteiger partial charge < -0.3 is 10.0 Å². The van der Waals surface area contributed by atoms with E-state index in [1.54, 1.807) is 4.90 Å². The van der Waals surface area contributed by atoms with Gasteiger partial charge in [-0.2, -0.15) is 21.1 Å². The predicted octanol–water partition coefficient (Wildman–Crippen LogP) is 3.22. The van der Waals surface area contributed by atoms with Crippen LogP contribution in [-0.4, -0.2) is 28.0 Å². The number of rotatable bonds is 6. The average Bonchev–Trinajstić information content (AvgIpc) is 3.11. The van der Waals surface area contributed by atoms with Crippen molar-refractivity contribution in [1.82, 2.24) is 9.78 Å². The Labute approximate surface area is 156 Å². The molecule has 3 rings (SSSR count). The highest BCUT2D eigenvalue weighted by Gasteiger charge is 2.18. The van der Waals surface area contributed by atoms with Crippen LogP contribution in [0.2, 0.25) is 5.02 Å². The number of aliphatic hydroxyl groups is 1. The van der Waals surface area contributed by atoms with Gasteiger partial charge in [-0.3, -0.25) is 4.79 Å². The lowest BCUT2D eigenvalue weighted by Crippen LogP contribution is -2.30. The maximum absolute atomic E-state index is 14.0. The molecule has 0 aliphatic carbocycles. The van der Waals surface area contributed by atoms with Crippen LogP contribution in [0.1, 0.15) is 5.56 Å². The third-order valence-electron chi connectivity index (χ3n) is 3.70. The maximum Gasteiger partial charge on any atom is 0.292 e. The summed E-state index contributed by atoms with van der Waals surface area (Å²) >= 11 is 7.74. The first kappa shape index (κ1) is 18.5. The molecule has 0 aliphatic rings. The number of hydrogen-bond acceptors (Lipinski definition) is 5. The Kier molecular flexibility index (Phi) is 5.65. The number of benzene rings is 1. The van der Waals surface area contributed by atoms with Crippen molar-refractivity contribution < 1.29 is 13.9 Å². The van der Waals surface area contributed by atoms with Gasteiger partial charge in [0.1, 0.15) is 16.5 Å². The van der Waals surface area contributed by atoms with Crippen LogP contribution in [0.3, 0.4) is 0 Å². The third kappa shape index (κ3) is 3.77. The Morgan fingerprint density at radius 1 is 1.31 bits per heavy atom. The van der Waals surface area contributed by atoms with E-state index in [-0.39, 0.29) is 23.9 Å². The lowest BCUT2D eigenvalue weighted by Gasteiger charge is -2.24. The molecule has 0 saturated heterocycles. The second-order valence-corrected chi connectivity index (χ2v) is 6.59. The van der Waals surface area contributed by atoms with Crippen molar-refractivity contribution in [1.29, 1.82) is 0 Å². The number of aliphatic hydroxyl groups excluding tert-OH is 1. The normalized spacial score (nSPS) is 10.9. The van der Waals surface area contributed by atoms with Gasteiger partial charge in [0.05, 0.1) is 18.5 Å². The Balaban J connectivity index is 2.01. The molecule has 2 heterocycles. The van der Waals surface area contributed by atoms with Crippen molar-refractivity contribution >= 4 is 28.6 Å². The lowest BCUT2D eigenvalue weighted by atomic mass is 10.2. The van der Waals surface area contributed by atoms with Gasteiger partial charge in [-0.15, -0.1) is 0 Å². The van der Waals surface area contributed by atoms with E-state index in [1.807, 2.05) is 16.8 Å². The van der Waals surface area contributed by atoms with Gasteiger partial charge in [-0.05, 0) is 34.5 Å². The summed E-state index contributed by atoms with van der Waals surface area (Å²) in [7, 11) is 0. The molecule has 0 unspecified atom stereocenters. The summed E-state index contributed by atoms with van der Waals surface area (Å²) in [5.74, 6) is -1.68. The van der Waals surface area contributed by atoms with E-state index >= 15 is 0 Å². The highest BCUT2D eigenvalue weighted by atomic mass is 35.5. The quantitative estimate of drug-likeness (QED) is 0.693. The predicted molar refractivity (Wildman–Crippen MR) is 97.2 cm³/mol. The molecule has 0 aliphatic heterocycles. The van der Waals surface area contributed by atoms with E-state index in [0.717, 1.165) is 22.4 Å². The highest BCUT2D eigenvalue weighted by molar-refractivity contribution is 7.07. The minimum atomic E-state index is -0.922. The van der Waals surface area contributed by atoms with Crippen molar-refractivity contribution in [3.05, 3.63) is 73.8 Å². The molecule has 0 saturated carbocycles. The van der Waals surface area contributed by atoms with E-state index < -0.39 is 17.2 Å². The molecule has 2 aromatic heterocycles. The van der Waals surface area contributed by atoms with E-state index in [9.17, 15) is 18.7 Å². The summed E-state index contributed by atoms with van der Waals surface area (Å²) in [4.78, 5) is 14.3. The van der Waals surface area contributed by atoms with Crippen molar-refractivity contribution in [2.45, 2.75) is 6.54 Å². The van der Waals surface area contributed by atoms with E-state index in [4.69, 9.17) is 11.6 Å². The summed E-state index contributed by atoms with van der Waals surface area (Å²) in [6, 6.07) is 4.74. The summed E-state index contributed by atoms with van der Waals surface area (Å²) in [5.41, 5.74) is 0.392. The zero-order valence-corrected chi connectivity index (χ0v) is 15.0. The second kappa shape index (κ2) is 7.94. The molecular formula is C17H14ClF2N3O2S. The molecule has 1 aromatic carbocycles. The minimum Gasteiger partial charge on any atom is -0.395 e. The number of thiophene rings is 1. The van der Waals surface area contributed by atoms with Gasteiger partial charge in [0.2, 0.25) is 0 Å². The fraction of sp³-hybridized carbons (Fsp3) is 0.176. The summed E-state index contributed by atoms with van der Waals surface area (Å²) in [5, 5.41) is 17.0. The number of aromatic nitrogens is 2. The van der Waals surface area contributed by atoms with Crippen LogP contribution in [0, 0.1) is 11.6 Å². The molecule has 5 nitrogen and oxygen atoms in total. The smallest absolute Gasteiger partial charge is 0.292 e. The van der Waals surface area contributed by atoms with Gasteiger partial charge in [-0.1, -0.05) is 11.6 Å². The first-order valence-electron chi connectivity index (χ1n) is 7.61. The summed E-state index contributed by atoms with van der Waals surface area (Å²) < 4.78 is 27.8. The highest BCUT2D eigenvalue weighted by Crippen LogP contribution is 2.24. The SMILES string of the molecule is O=c1c(Cl)c(N(CCO)Cc2ccsc2)cnn1-c1ccc(F)cc1F. The van der Waals surface area contributed by atoms with E-state index in [2.05, 4.69) is 5.10 Å². The van der Waals surface area contributed by atoms with Gasteiger partial charge >= 0.3 is 0 Å². The molecule has 26 heavy (non-hydrogen) atoms. The summed E-state index contributed by atoms with van der Waals surface area (Å²) in [6.45, 7) is 0.529. The lowest BCUT2D eigenvalue weighted by molar-refractivity contribution is 0.301. The zero-order valence-electron chi connectivity index (χ0n) is 13.4. The molecule has 0 radical (unpaired) electrons. The van der Waals surface area contributed by atoms with Crippen molar-refractivity contribution in [2.24, 2.45) is 0 Å². The largest absolute Gasteiger partial charge is 0.395 e. The third-order valence-corrected chi connectivity index (χ3v) is 4.79. The molecule has 0 fully saturated rings. The van der Waals surface area contributed by atoms with Crippen LogP contribution in [0.15, 0.2) is 46.0 Å². The fourth-order valence-electron chi connectivity index (χ4n) is 2.48. The Morgan fingerprint density at radius 3 is 2.77 bits per heavy atom. The Hall–Kier alpha value is -2.29. The fourth-order valence-corrected chi connectivity index (χ4v) is 3.39. The minimum absolute atomic E-state index is 0.143. The second-order valence-electron chi connectivity index (χ2n) is 5.43. The van der Waals surface area contributed by atoms with Crippen LogP contribution in [0.5, 0.6) is 0 Å². The molecule has 0 spiro atoms. The standard InChI is InChI=1S/C17H14ClF2N3O2S/c18-16-15(22(4-5-24)9-11-3-6-26-10-11)8-21-23(17(16)25)14-2-1-12(19)7-13(14)20/h1-3,6-8,10,24H,4-5,9H2. The Morgan fingerprint density at radius 2 is 2.12 bits per heavy atom. The molecule has 0 amide bonds. The number of hydrogen-bond donors (Lipinski definition) is 1. The first-order chi connectivity index (χ1) is 12.5. The molecule has 9 heteroatoms. The van der Waals surface area contributed by atoms with Crippen LogP contribution in [0.4, 0.5) is 14.5 Å². The van der Waals surface area contributed by atoms with E-state index in [0.29, 0.717) is 18.3 Å². The van der Waals surface area contributed by atoms with Crippen molar-refractivity contribution in [2.75, 3.05) is 18.1 Å². The van der Waals surface area contributed by atoms with E-state index in [1.165, 1.54) is 17.5 Å². The van der Waals surface area contributed by atoms with Gasteiger partial charge in [0.25, 0.3) is 5.56 Å². The molecular weight excluding hydrogens is 384 g/mol. The topological polar surface area (TPSA) is 58.4 Å². The first-order valence-corrected chi connectivity index (χ1v) is 8.93. The van der Waals surface area contributed by atoms with Crippen molar-refractivity contribution in [3.63, 3.8) is 0 Å². The van der Waals surface area contributed by atoms with Gasteiger partial charge in [-0.25, -0.2) is 8.78 Å². The maximum atomic E-state index is 14.0. The van der Waals surface area contributed by atoms with Gasteiger partial charge in [0.15, 0.2) is 5.82 Å². The molecule has 1 N–H and O–H groups in total. The Bertz CT molecular complexity index is 963. The van der Waals surface area contributed by atoms with Crippen LogP contribution in [-0.2, 0) is 6.54 Å². The van der Waals surface area contributed by atoms with Crippen LogP contribution >= 0.6 is 22.9 Å². The molecule has 0 bridgehead atoms. The van der Waals surface area contributed by atoms with Crippen LogP contribution in [0.25, 0.3) is 5.69 Å².